The largest absolute Gasteiger partial charge is 0.508 e. The van der Waals surface area contributed by atoms with Crippen LogP contribution in [-0.2, 0) is 11.3 Å². The van der Waals surface area contributed by atoms with Gasteiger partial charge in [0.05, 0.1) is 11.5 Å². The Hall–Kier alpha value is -3.00. The lowest BCUT2D eigenvalue weighted by Gasteiger charge is -2.17. The smallest absolute Gasteiger partial charge is 0.270 e. The van der Waals surface area contributed by atoms with Gasteiger partial charge in [-0.1, -0.05) is 0 Å². The van der Waals surface area contributed by atoms with Gasteiger partial charge in [0, 0.05) is 30.4 Å². The summed E-state index contributed by atoms with van der Waals surface area (Å²) in [5, 5.41) is 23.3. The highest BCUT2D eigenvalue weighted by Crippen LogP contribution is 2.23. The Morgan fingerprint density at radius 1 is 1.38 bits per heavy atom. The van der Waals surface area contributed by atoms with Crippen molar-refractivity contribution < 1.29 is 14.8 Å². The second kappa shape index (κ2) is 7.51. The monoisotopic (exact) mass is 330 g/mol. The Bertz CT molecular complexity index is 763. The van der Waals surface area contributed by atoms with E-state index in [1.54, 1.807) is 24.2 Å². The van der Waals surface area contributed by atoms with Gasteiger partial charge in [-0.2, -0.15) is 0 Å². The molecule has 0 atom stereocenters. The first kappa shape index (κ1) is 17.4. The molecule has 0 unspecified atom stereocenters. The van der Waals surface area contributed by atoms with Crippen molar-refractivity contribution in [3.8, 4) is 5.75 Å². The molecule has 24 heavy (non-hydrogen) atoms. The number of likely N-dealkylation sites (N-methyl/N-ethyl adjacent to an activating group) is 1. The van der Waals surface area contributed by atoms with E-state index >= 15 is 0 Å². The fourth-order valence-electron chi connectivity index (χ4n) is 2.19. The van der Waals surface area contributed by atoms with Crippen LogP contribution in [0.25, 0.3) is 0 Å². The Balaban J connectivity index is 1.97. The standard InChI is InChI=1S/C16H18N4O4/c1-11-5-6-17-15(7-11)18-16(22)10-19(2)9-12-8-13(20(23)24)3-4-14(12)21/h3-8,21H,9-10H2,1-2H3,(H,17,18,22). The number of carbonyl (C=O) groups excluding carboxylic acids is 1. The molecule has 1 amide bonds. The maximum atomic E-state index is 12.0. The number of nitrogens with zero attached hydrogens (tertiary/aromatic N) is 3. The lowest BCUT2D eigenvalue weighted by Crippen LogP contribution is -2.30. The number of nitro benzene ring substituents is 1. The number of phenolic OH excluding ortho intramolecular Hbond substituents is 1. The predicted molar refractivity (Wildman–Crippen MR) is 88.7 cm³/mol. The number of nitro groups is 1. The number of hydrogen-bond donors (Lipinski definition) is 2. The number of benzene rings is 1. The maximum absolute atomic E-state index is 12.0. The fourth-order valence-corrected chi connectivity index (χ4v) is 2.19. The Morgan fingerprint density at radius 3 is 2.79 bits per heavy atom. The van der Waals surface area contributed by atoms with Gasteiger partial charge in [-0.05, 0) is 37.7 Å². The molecule has 8 nitrogen and oxygen atoms in total. The van der Waals surface area contributed by atoms with E-state index in [1.807, 2.05) is 13.0 Å². The normalized spacial score (nSPS) is 10.6. The number of carbonyl (C=O) groups is 1. The van der Waals surface area contributed by atoms with Gasteiger partial charge in [-0.3, -0.25) is 19.8 Å². The van der Waals surface area contributed by atoms with Crippen LogP contribution in [0.1, 0.15) is 11.1 Å². The average Bonchev–Trinajstić information content (AvgIpc) is 2.49. The molecule has 0 radical (unpaired) electrons. The molecule has 8 heteroatoms. The SMILES string of the molecule is Cc1ccnc(NC(=O)CN(C)Cc2cc([N+](=O)[O-])ccc2O)c1. The van der Waals surface area contributed by atoms with Crippen LogP contribution >= 0.6 is 0 Å². The molecule has 0 fully saturated rings. The van der Waals surface area contributed by atoms with Crippen LogP contribution in [0.4, 0.5) is 11.5 Å². The average molecular weight is 330 g/mol. The molecule has 126 valence electrons. The summed E-state index contributed by atoms with van der Waals surface area (Å²) in [5.41, 5.74) is 1.26. The van der Waals surface area contributed by atoms with Crippen LogP contribution in [0.5, 0.6) is 5.75 Å². The molecule has 0 aliphatic rings. The minimum atomic E-state index is -0.529. The molecule has 2 aromatic rings. The van der Waals surface area contributed by atoms with Crippen molar-refractivity contribution in [3.63, 3.8) is 0 Å². The molecule has 0 saturated carbocycles. The summed E-state index contributed by atoms with van der Waals surface area (Å²) in [6.07, 6.45) is 1.61. The molecule has 0 spiro atoms. The number of hydrogen-bond acceptors (Lipinski definition) is 6. The second-order valence-corrected chi connectivity index (χ2v) is 5.51. The van der Waals surface area contributed by atoms with E-state index in [1.165, 1.54) is 18.2 Å². The molecule has 0 aliphatic heterocycles. The number of non-ortho nitro benzene ring substituents is 1. The van der Waals surface area contributed by atoms with Gasteiger partial charge < -0.3 is 10.4 Å². The van der Waals surface area contributed by atoms with Gasteiger partial charge in [0.2, 0.25) is 5.91 Å². The number of aryl methyl sites for hydroxylation is 1. The summed E-state index contributed by atoms with van der Waals surface area (Å²) < 4.78 is 0. The molecular weight excluding hydrogens is 312 g/mol. The van der Waals surface area contributed by atoms with E-state index in [4.69, 9.17) is 0 Å². The Labute approximate surface area is 138 Å². The van der Waals surface area contributed by atoms with Gasteiger partial charge in [0.1, 0.15) is 11.6 Å². The molecule has 1 heterocycles. The highest BCUT2D eigenvalue weighted by molar-refractivity contribution is 5.91. The molecule has 0 saturated heterocycles. The zero-order chi connectivity index (χ0) is 17.7. The quantitative estimate of drug-likeness (QED) is 0.620. The van der Waals surface area contributed by atoms with E-state index in [9.17, 15) is 20.0 Å². The third kappa shape index (κ3) is 4.75. The van der Waals surface area contributed by atoms with Crippen LogP contribution < -0.4 is 5.32 Å². The van der Waals surface area contributed by atoms with Crippen molar-refractivity contribution in [2.75, 3.05) is 18.9 Å². The van der Waals surface area contributed by atoms with Crippen LogP contribution in [0.3, 0.4) is 0 Å². The van der Waals surface area contributed by atoms with Crippen molar-refractivity contribution in [1.29, 1.82) is 0 Å². The summed E-state index contributed by atoms with van der Waals surface area (Å²) in [6, 6.07) is 7.38. The molecular formula is C16H18N4O4. The predicted octanol–water partition coefficient (Wildman–Crippen LogP) is 2.07. The number of amides is 1. The number of nitrogens with one attached hydrogen (secondary N) is 1. The van der Waals surface area contributed by atoms with E-state index < -0.39 is 4.92 Å². The van der Waals surface area contributed by atoms with Crippen molar-refractivity contribution in [2.45, 2.75) is 13.5 Å². The third-order valence-electron chi connectivity index (χ3n) is 3.31. The Morgan fingerprint density at radius 2 is 2.12 bits per heavy atom. The number of pyridine rings is 1. The summed E-state index contributed by atoms with van der Waals surface area (Å²) >= 11 is 0. The molecule has 1 aromatic heterocycles. The summed E-state index contributed by atoms with van der Waals surface area (Å²) in [7, 11) is 1.68. The molecule has 2 N–H and O–H groups in total. The molecule has 2 rings (SSSR count). The minimum Gasteiger partial charge on any atom is -0.508 e. The number of anilines is 1. The van der Waals surface area contributed by atoms with E-state index in [-0.39, 0.29) is 30.4 Å². The number of rotatable bonds is 6. The second-order valence-electron chi connectivity index (χ2n) is 5.51. The van der Waals surface area contributed by atoms with Gasteiger partial charge in [-0.25, -0.2) is 4.98 Å². The van der Waals surface area contributed by atoms with Gasteiger partial charge in [0.15, 0.2) is 0 Å². The van der Waals surface area contributed by atoms with Crippen LogP contribution in [0, 0.1) is 17.0 Å². The number of aromatic hydroxyl groups is 1. The third-order valence-corrected chi connectivity index (χ3v) is 3.31. The topological polar surface area (TPSA) is 109 Å². The van der Waals surface area contributed by atoms with Gasteiger partial charge in [-0.15, -0.1) is 0 Å². The van der Waals surface area contributed by atoms with Gasteiger partial charge in [0.25, 0.3) is 5.69 Å². The first-order valence-corrected chi connectivity index (χ1v) is 7.22. The van der Waals surface area contributed by atoms with Crippen molar-refractivity contribution in [2.24, 2.45) is 0 Å². The number of aromatic nitrogens is 1. The van der Waals surface area contributed by atoms with Crippen molar-refractivity contribution >= 4 is 17.4 Å². The summed E-state index contributed by atoms with van der Waals surface area (Å²) in [6.45, 7) is 2.15. The van der Waals surface area contributed by atoms with Crippen LogP contribution in [0.2, 0.25) is 0 Å². The van der Waals surface area contributed by atoms with Crippen LogP contribution in [0.15, 0.2) is 36.5 Å². The van der Waals surface area contributed by atoms with Crippen LogP contribution in [-0.4, -0.2) is 39.4 Å². The first-order chi connectivity index (χ1) is 11.3. The van der Waals surface area contributed by atoms with Gasteiger partial charge >= 0.3 is 0 Å². The zero-order valence-electron chi connectivity index (χ0n) is 13.4. The Kier molecular flexibility index (Phi) is 5.43. The first-order valence-electron chi connectivity index (χ1n) is 7.22. The van der Waals surface area contributed by atoms with E-state index in [0.29, 0.717) is 11.4 Å². The molecule has 1 aromatic carbocycles. The molecule has 0 bridgehead atoms. The van der Waals surface area contributed by atoms with E-state index in [2.05, 4.69) is 10.3 Å². The highest BCUT2D eigenvalue weighted by atomic mass is 16.6. The molecule has 0 aliphatic carbocycles. The fraction of sp³-hybridized carbons (Fsp3) is 0.250. The van der Waals surface area contributed by atoms with E-state index in [0.717, 1.165) is 5.56 Å². The van der Waals surface area contributed by atoms with Crippen molar-refractivity contribution in [3.05, 3.63) is 57.8 Å². The lowest BCUT2D eigenvalue weighted by atomic mass is 10.1. The summed E-state index contributed by atoms with van der Waals surface area (Å²) in [5.74, 6) is 0.153. The maximum Gasteiger partial charge on any atom is 0.270 e. The number of phenols is 1. The lowest BCUT2D eigenvalue weighted by molar-refractivity contribution is -0.385. The van der Waals surface area contributed by atoms with Crippen molar-refractivity contribution in [1.82, 2.24) is 9.88 Å². The minimum absolute atomic E-state index is 0.0480. The summed E-state index contributed by atoms with van der Waals surface area (Å²) in [4.78, 5) is 28.0. The zero-order valence-corrected chi connectivity index (χ0v) is 13.4. The highest BCUT2D eigenvalue weighted by Gasteiger charge is 2.14.